The van der Waals surface area contributed by atoms with Gasteiger partial charge in [-0.3, -0.25) is 4.79 Å². The van der Waals surface area contributed by atoms with Crippen LogP contribution in [0.2, 0.25) is 0 Å². The number of hydrogen-bond donors (Lipinski definition) is 1. The molecule has 0 saturated heterocycles. The minimum atomic E-state index is -0.284. The molecule has 6 nitrogen and oxygen atoms in total. The van der Waals surface area contributed by atoms with E-state index in [0.29, 0.717) is 33.6 Å². The molecule has 3 aromatic rings. The highest BCUT2D eigenvalue weighted by Gasteiger charge is 2.16. The number of rotatable bonds is 3. The summed E-state index contributed by atoms with van der Waals surface area (Å²) < 4.78 is 15.8. The van der Waals surface area contributed by atoms with E-state index >= 15 is 0 Å². The molecule has 110 valence electrons. The summed E-state index contributed by atoms with van der Waals surface area (Å²) in [5.74, 6) is 1.65. The maximum atomic E-state index is 12.2. The van der Waals surface area contributed by atoms with E-state index in [9.17, 15) is 4.79 Å². The van der Waals surface area contributed by atoms with Crippen molar-refractivity contribution in [1.29, 1.82) is 0 Å². The van der Waals surface area contributed by atoms with Crippen molar-refractivity contribution in [3.05, 3.63) is 47.7 Å². The fraction of sp³-hybridized carbons (Fsp3) is 0.0667. The van der Waals surface area contributed by atoms with Gasteiger partial charge in [0.25, 0.3) is 5.91 Å². The van der Waals surface area contributed by atoms with Crippen LogP contribution >= 0.6 is 11.3 Å². The maximum absolute atomic E-state index is 12.2. The van der Waals surface area contributed by atoms with Crippen LogP contribution < -0.4 is 14.8 Å². The van der Waals surface area contributed by atoms with Crippen LogP contribution in [0.25, 0.3) is 10.8 Å². The molecule has 1 N–H and O–H groups in total. The minimum Gasteiger partial charge on any atom is -0.462 e. The molecule has 1 amide bonds. The monoisotopic (exact) mass is 314 g/mol. The van der Waals surface area contributed by atoms with Crippen molar-refractivity contribution in [3.63, 3.8) is 0 Å². The zero-order chi connectivity index (χ0) is 14.9. The molecule has 0 fully saturated rings. The molecule has 1 aliphatic heterocycles. The highest BCUT2D eigenvalue weighted by molar-refractivity contribution is 7.13. The molecular formula is C15H10N2O4S. The second kappa shape index (κ2) is 5.19. The molecule has 0 spiro atoms. The third kappa shape index (κ3) is 2.31. The summed E-state index contributed by atoms with van der Waals surface area (Å²) in [5, 5.41) is 5.15. The second-order valence-electron chi connectivity index (χ2n) is 4.54. The van der Waals surface area contributed by atoms with Gasteiger partial charge in [-0.1, -0.05) is 0 Å². The lowest BCUT2D eigenvalue weighted by Crippen LogP contribution is -2.12. The number of furan rings is 1. The first kappa shape index (κ1) is 12.9. The SMILES string of the molecule is O=C(Nc1ccc2c(c1)OCO2)c1csc(-c2ccco2)n1. The van der Waals surface area contributed by atoms with Crippen molar-refractivity contribution in [2.24, 2.45) is 0 Å². The Morgan fingerprint density at radius 2 is 2.14 bits per heavy atom. The van der Waals surface area contributed by atoms with Crippen LogP contribution in [0.15, 0.2) is 46.4 Å². The summed E-state index contributed by atoms with van der Waals surface area (Å²) in [6.07, 6.45) is 1.57. The average Bonchev–Trinajstić information content (AvgIpc) is 3.26. The molecule has 0 bridgehead atoms. The predicted octanol–water partition coefficient (Wildman–Crippen LogP) is 3.38. The first-order valence-corrected chi connectivity index (χ1v) is 7.38. The Labute approximate surface area is 129 Å². The van der Waals surface area contributed by atoms with Crippen LogP contribution in [-0.2, 0) is 0 Å². The third-order valence-corrected chi connectivity index (χ3v) is 3.96. The normalized spacial score (nSPS) is 12.4. The number of ether oxygens (including phenoxy) is 2. The number of anilines is 1. The molecule has 0 saturated carbocycles. The highest BCUT2D eigenvalue weighted by atomic mass is 32.1. The van der Waals surface area contributed by atoms with Crippen molar-refractivity contribution in [3.8, 4) is 22.3 Å². The molecule has 1 aliphatic rings. The highest BCUT2D eigenvalue weighted by Crippen LogP contribution is 2.34. The number of amides is 1. The van der Waals surface area contributed by atoms with Crippen LogP contribution in [-0.4, -0.2) is 17.7 Å². The Morgan fingerprint density at radius 3 is 3.00 bits per heavy atom. The van der Waals surface area contributed by atoms with Crippen molar-refractivity contribution in [1.82, 2.24) is 4.98 Å². The van der Waals surface area contributed by atoms with Gasteiger partial charge in [0.05, 0.1) is 6.26 Å². The van der Waals surface area contributed by atoms with Crippen molar-refractivity contribution in [2.45, 2.75) is 0 Å². The Kier molecular flexibility index (Phi) is 3.05. The van der Waals surface area contributed by atoms with Gasteiger partial charge in [-0.25, -0.2) is 4.98 Å². The maximum Gasteiger partial charge on any atom is 0.275 e. The van der Waals surface area contributed by atoms with E-state index in [2.05, 4.69) is 10.3 Å². The molecule has 4 rings (SSSR count). The average molecular weight is 314 g/mol. The lowest BCUT2D eigenvalue weighted by Gasteiger charge is -2.04. The quantitative estimate of drug-likeness (QED) is 0.802. The van der Waals surface area contributed by atoms with Gasteiger partial charge < -0.3 is 19.2 Å². The van der Waals surface area contributed by atoms with Crippen molar-refractivity contribution in [2.75, 3.05) is 12.1 Å². The fourth-order valence-electron chi connectivity index (χ4n) is 2.06. The predicted molar refractivity (Wildman–Crippen MR) is 80.3 cm³/mol. The summed E-state index contributed by atoms with van der Waals surface area (Å²) in [6, 6.07) is 8.82. The van der Waals surface area contributed by atoms with E-state index in [4.69, 9.17) is 13.9 Å². The van der Waals surface area contributed by atoms with Gasteiger partial charge in [-0.15, -0.1) is 11.3 Å². The number of fused-ring (bicyclic) bond motifs is 1. The van der Waals surface area contributed by atoms with Crippen LogP contribution in [0.5, 0.6) is 11.5 Å². The smallest absolute Gasteiger partial charge is 0.275 e. The Morgan fingerprint density at radius 1 is 1.23 bits per heavy atom. The molecule has 22 heavy (non-hydrogen) atoms. The van der Waals surface area contributed by atoms with E-state index in [1.54, 1.807) is 42.0 Å². The summed E-state index contributed by atoms with van der Waals surface area (Å²) in [6.45, 7) is 0.200. The minimum absolute atomic E-state index is 0.200. The van der Waals surface area contributed by atoms with Crippen LogP contribution in [0.1, 0.15) is 10.5 Å². The topological polar surface area (TPSA) is 73.6 Å². The van der Waals surface area contributed by atoms with Crippen LogP contribution in [0.3, 0.4) is 0 Å². The Balaban J connectivity index is 1.53. The lowest BCUT2D eigenvalue weighted by atomic mass is 10.2. The van der Waals surface area contributed by atoms with Gasteiger partial charge >= 0.3 is 0 Å². The van der Waals surface area contributed by atoms with E-state index in [1.807, 2.05) is 0 Å². The second-order valence-corrected chi connectivity index (χ2v) is 5.40. The van der Waals surface area contributed by atoms with Gasteiger partial charge in [0.1, 0.15) is 5.69 Å². The van der Waals surface area contributed by atoms with E-state index in [-0.39, 0.29) is 12.7 Å². The Hall–Kier alpha value is -2.80. The first-order chi connectivity index (χ1) is 10.8. The zero-order valence-electron chi connectivity index (χ0n) is 11.2. The molecule has 0 unspecified atom stereocenters. The number of hydrogen-bond acceptors (Lipinski definition) is 6. The summed E-state index contributed by atoms with van der Waals surface area (Å²) >= 11 is 1.36. The molecule has 1 aromatic carbocycles. The number of carbonyl (C=O) groups excluding carboxylic acids is 1. The summed E-state index contributed by atoms with van der Waals surface area (Å²) in [7, 11) is 0. The number of thiazole rings is 1. The molecule has 0 atom stereocenters. The van der Waals surface area contributed by atoms with E-state index < -0.39 is 0 Å². The van der Waals surface area contributed by atoms with Crippen LogP contribution in [0.4, 0.5) is 5.69 Å². The third-order valence-electron chi connectivity index (χ3n) is 3.10. The largest absolute Gasteiger partial charge is 0.462 e. The fourth-order valence-corrected chi connectivity index (χ4v) is 2.83. The first-order valence-electron chi connectivity index (χ1n) is 6.50. The summed E-state index contributed by atoms with van der Waals surface area (Å²) in [5.41, 5.74) is 0.968. The number of benzene rings is 1. The molecule has 2 aromatic heterocycles. The van der Waals surface area contributed by atoms with Gasteiger partial charge in [-0.05, 0) is 24.3 Å². The summed E-state index contributed by atoms with van der Waals surface area (Å²) in [4.78, 5) is 16.5. The molecule has 3 heterocycles. The number of carbonyl (C=O) groups is 1. The van der Waals surface area contributed by atoms with Crippen molar-refractivity contribution < 1.29 is 18.7 Å². The van der Waals surface area contributed by atoms with Crippen molar-refractivity contribution >= 4 is 22.9 Å². The molecule has 0 radical (unpaired) electrons. The van der Waals surface area contributed by atoms with Gasteiger partial charge in [0.15, 0.2) is 22.3 Å². The Bertz CT molecular complexity index is 826. The zero-order valence-corrected chi connectivity index (χ0v) is 12.1. The van der Waals surface area contributed by atoms with Gasteiger partial charge in [0.2, 0.25) is 6.79 Å². The van der Waals surface area contributed by atoms with E-state index in [1.165, 1.54) is 11.3 Å². The lowest BCUT2D eigenvalue weighted by molar-refractivity contribution is 0.102. The number of aromatic nitrogens is 1. The standard InChI is InChI=1S/C15H10N2O4S/c18-14(10-7-22-15(17-10)12-2-1-5-19-12)16-9-3-4-11-13(6-9)21-8-20-11/h1-7H,8H2,(H,16,18). The van der Waals surface area contributed by atoms with Gasteiger partial charge in [-0.2, -0.15) is 0 Å². The molecular weight excluding hydrogens is 304 g/mol. The number of nitrogens with one attached hydrogen (secondary N) is 1. The van der Waals surface area contributed by atoms with Crippen LogP contribution in [0, 0.1) is 0 Å². The van der Waals surface area contributed by atoms with E-state index in [0.717, 1.165) is 0 Å². The molecule has 0 aliphatic carbocycles. The number of nitrogens with zero attached hydrogens (tertiary/aromatic N) is 1. The van der Waals surface area contributed by atoms with Gasteiger partial charge in [0, 0.05) is 17.1 Å². The molecule has 7 heteroatoms.